The maximum atomic E-state index is 12.9. The highest BCUT2D eigenvalue weighted by atomic mass is 16.7. The van der Waals surface area contributed by atoms with E-state index in [4.69, 9.17) is 9.31 Å². The second-order valence-electron chi connectivity index (χ2n) is 9.62. The summed E-state index contributed by atoms with van der Waals surface area (Å²) in [5.41, 5.74) is 2.40. The van der Waals surface area contributed by atoms with Crippen LogP contribution >= 0.6 is 0 Å². The quantitative estimate of drug-likeness (QED) is 0.760. The number of amides is 1. The standard InChI is InChI=1S/C21H32BNO3/c1-15-14-16(18(24)23-12-10-19(2,3)11-13-23)8-9-17(15)22-25-20(4,5)21(6,7)26-22/h8-9,14H,10-13H2,1-7H3. The van der Waals surface area contributed by atoms with Crippen LogP contribution in [0, 0.1) is 12.3 Å². The number of carbonyl (C=O) groups is 1. The first-order valence-corrected chi connectivity index (χ1v) is 9.67. The van der Waals surface area contributed by atoms with Gasteiger partial charge in [0.15, 0.2) is 0 Å². The van der Waals surface area contributed by atoms with Crippen LogP contribution in [0.4, 0.5) is 0 Å². The summed E-state index contributed by atoms with van der Waals surface area (Å²) in [6.45, 7) is 16.5. The molecule has 2 saturated heterocycles. The third kappa shape index (κ3) is 3.56. The van der Waals surface area contributed by atoms with E-state index in [1.807, 2.05) is 30.0 Å². The van der Waals surface area contributed by atoms with Crippen LogP contribution in [0.2, 0.25) is 0 Å². The third-order valence-electron chi connectivity index (χ3n) is 6.43. The number of rotatable bonds is 2. The van der Waals surface area contributed by atoms with Crippen LogP contribution in [0.25, 0.3) is 0 Å². The average molecular weight is 357 g/mol. The number of likely N-dealkylation sites (tertiary alicyclic amines) is 1. The zero-order valence-electron chi connectivity index (χ0n) is 17.3. The van der Waals surface area contributed by atoms with Crippen molar-refractivity contribution in [2.45, 2.75) is 72.5 Å². The summed E-state index contributed by atoms with van der Waals surface area (Å²) in [6.07, 6.45) is 2.12. The molecule has 0 spiro atoms. The SMILES string of the molecule is Cc1cc(C(=O)N2CCC(C)(C)CC2)ccc1B1OC(C)(C)C(C)(C)O1. The van der Waals surface area contributed by atoms with Crippen LogP contribution in [-0.4, -0.2) is 42.2 Å². The van der Waals surface area contributed by atoms with Crippen molar-refractivity contribution >= 4 is 18.5 Å². The van der Waals surface area contributed by atoms with Gasteiger partial charge in [0.05, 0.1) is 11.2 Å². The molecule has 5 heteroatoms. The highest BCUT2D eigenvalue weighted by Crippen LogP contribution is 2.36. The number of hydrogen-bond acceptors (Lipinski definition) is 3. The summed E-state index contributed by atoms with van der Waals surface area (Å²) in [7, 11) is -0.389. The van der Waals surface area contributed by atoms with Gasteiger partial charge in [0.25, 0.3) is 5.91 Å². The lowest BCUT2D eigenvalue weighted by molar-refractivity contribution is 0.00578. The van der Waals surface area contributed by atoms with Crippen molar-refractivity contribution in [3.05, 3.63) is 29.3 Å². The minimum atomic E-state index is -0.389. The molecular formula is C21H32BNO3. The van der Waals surface area contributed by atoms with Gasteiger partial charge in [-0.15, -0.1) is 0 Å². The number of aryl methyl sites for hydroxylation is 1. The molecule has 0 aliphatic carbocycles. The molecule has 0 bridgehead atoms. The maximum absolute atomic E-state index is 12.9. The molecule has 0 N–H and O–H groups in total. The molecule has 0 unspecified atom stereocenters. The Morgan fingerprint density at radius 1 is 1.00 bits per heavy atom. The Morgan fingerprint density at radius 2 is 1.54 bits per heavy atom. The molecule has 0 aromatic heterocycles. The second kappa shape index (κ2) is 6.38. The van der Waals surface area contributed by atoms with Crippen LogP contribution in [0.15, 0.2) is 18.2 Å². The maximum Gasteiger partial charge on any atom is 0.495 e. The molecule has 1 amide bonds. The van der Waals surface area contributed by atoms with Gasteiger partial charge in [-0.1, -0.05) is 25.5 Å². The number of hydrogen-bond donors (Lipinski definition) is 0. The summed E-state index contributed by atoms with van der Waals surface area (Å²) in [4.78, 5) is 14.8. The lowest BCUT2D eigenvalue weighted by atomic mass is 9.75. The van der Waals surface area contributed by atoms with Crippen molar-refractivity contribution in [2.24, 2.45) is 5.41 Å². The summed E-state index contributed by atoms with van der Waals surface area (Å²) in [6, 6.07) is 5.87. The fraction of sp³-hybridized carbons (Fsp3) is 0.667. The molecule has 26 heavy (non-hydrogen) atoms. The average Bonchev–Trinajstić information content (AvgIpc) is 2.74. The van der Waals surface area contributed by atoms with Gasteiger partial charge in [0, 0.05) is 18.7 Å². The molecule has 2 fully saturated rings. The largest absolute Gasteiger partial charge is 0.495 e. The summed E-state index contributed by atoms with van der Waals surface area (Å²) >= 11 is 0. The van der Waals surface area contributed by atoms with Crippen molar-refractivity contribution in [1.29, 1.82) is 0 Å². The minimum Gasteiger partial charge on any atom is -0.399 e. The van der Waals surface area contributed by atoms with Crippen LogP contribution in [0.1, 0.15) is 70.3 Å². The van der Waals surface area contributed by atoms with Crippen molar-refractivity contribution in [3.8, 4) is 0 Å². The van der Waals surface area contributed by atoms with E-state index in [9.17, 15) is 4.79 Å². The van der Waals surface area contributed by atoms with E-state index >= 15 is 0 Å². The van der Waals surface area contributed by atoms with E-state index in [1.165, 1.54) is 0 Å². The first-order chi connectivity index (χ1) is 11.9. The van der Waals surface area contributed by atoms with E-state index in [0.29, 0.717) is 5.41 Å². The highest BCUT2D eigenvalue weighted by Gasteiger charge is 2.52. The number of nitrogens with zero attached hydrogens (tertiary/aromatic N) is 1. The molecule has 4 nitrogen and oxygen atoms in total. The molecular weight excluding hydrogens is 325 g/mol. The minimum absolute atomic E-state index is 0.129. The van der Waals surface area contributed by atoms with Gasteiger partial charge < -0.3 is 14.2 Å². The van der Waals surface area contributed by atoms with Crippen LogP contribution < -0.4 is 5.46 Å². The fourth-order valence-corrected chi connectivity index (χ4v) is 3.54. The Balaban J connectivity index is 1.75. The first-order valence-electron chi connectivity index (χ1n) is 9.67. The van der Waals surface area contributed by atoms with E-state index in [1.54, 1.807) is 0 Å². The zero-order chi connectivity index (χ0) is 19.3. The van der Waals surface area contributed by atoms with Crippen LogP contribution in [0.3, 0.4) is 0 Å². The molecule has 2 aliphatic heterocycles. The first kappa shape index (κ1) is 19.4. The monoisotopic (exact) mass is 357 g/mol. The van der Waals surface area contributed by atoms with Crippen molar-refractivity contribution in [3.63, 3.8) is 0 Å². The normalized spacial score (nSPS) is 24.0. The predicted octanol–water partition coefficient (Wildman–Crippen LogP) is 3.56. The van der Waals surface area contributed by atoms with Crippen LogP contribution in [-0.2, 0) is 9.31 Å². The van der Waals surface area contributed by atoms with Crippen molar-refractivity contribution in [1.82, 2.24) is 4.90 Å². The van der Waals surface area contributed by atoms with E-state index in [0.717, 1.165) is 42.5 Å². The van der Waals surface area contributed by atoms with Crippen molar-refractivity contribution in [2.75, 3.05) is 13.1 Å². The Hall–Kier alpha value is -1.33. The lowest BCUT2D eigenvalue weighted by Crippen LogP contribution is -2.41. The Morgan fingerprint density at radius 3 is 2.04 bits per heavy atom. The third-order valence-corrected chi connectivity index (χ3v) is 6.43. The van der Waals surface area contributed by atoms with Gasteiger partial charge in [-0.05, 0) is 70.5 Å². The fourth-order valence-electron chi connectivity index (χ4n) is 3.54. The number of piperidine rings is 1. The zero-order valence-corrected chi connectivity index (χ0v) is 17.3. The van der Waals surface area contributed by atoms with Gasteiger partial charge in [-0.25, -0.2) is 0 Å². The van der Waals surface area contributed by atoms with Crippen LogP contribution in [0.5, 0.6) is 0 Å². The molecule has 3 rings (SSSR count). The molecule has 1 aromatic carbocycles. The predicted molar refractivity (Wildman–Crippen MR) is 106 cm³/mol. The smallest absolute Gasteiger partial charge is 0.399 e. The topological polar surface area (TPSA) is 38.8 Å². The van der Waals surface area contributed by atoms with Gasteiger partial charge in [-0.3, -0.25) is 4.79 Å². The van der Waals surface area contributed by atoms with Crippen molar-refractivity contribution < 1.29 is 14.1 Å². The van der Waals surface area contributed by atoms with Gasteiger partial charge >= 0.3 is 7.12 Å². The molecule has 0 radical (unpaired) electrons. The van der Waals surface area contributed by atoms with E-state index in [2.05, 4.69) is 41.5 Å². The molecule has 1 aromatic rings. The molecule has 0 atom stereocenters. The number of benzene rings is 1. The molecule has 0 saturated carbocycles. The molecule has 2 aliphatic rings. The van der Waals surface area contributed by atoms with E-state index < -0.39 is 0 Å². The summed E-state index contributed by atoms with van der Waals surface area (Å²) in [5.74, 6) is 0.129. The van der Waals surface area contributed by atoms with Gasteiger partial charge in [0.1, 0.15) is 0 Å². The van der Waals surface area contributed by atoms with Gasteiger partial charge in [0.2, 0.25) is 0 Å². The lowest BCUT2D eigenvalue weighted by Gasteiger charge is -2.37. The Kier molecular flexibility index (Phi) is 4.77. The summed E-state index contributed by atoms with van der Waals surface area (Å²) in [5, 5.41) is 0. The second-order valence-corrected chi connectivity index (χ2v) is 9.62. The number of carbonyl (C=O) groups excluding carboxylic acids is 1. The molecule has 2 heterocycles. The van der Waals surface area contributed by atoms with Gasteiger partial charge in [-0.2, -0.15) is 0 Å². The Labute approximate surface area is 158 Å². The summed E-state index contributed by atoms with van der Waals surface area (Å²) < 4.78 is 12.3. The Bertz CT molecular complexity index is 685. The molecule has 142 valence electrons. The van der Waals surface area contributed by atoms with E-state index in [-0.39, 0.29) is 24.2 Å². The highest BCUT2D eigenvalue weighted by molar-refractivity contribution is 6.62.